The lowest BCUT2D eigenvalue weighted by molar-refractivity contribution is 0.0252. The summed E-state index contributed by atoms with van der Waals surface area (Å²) in [6.45, 7) is 2.68. The van der Waals surface area contributed by atoms with Crippen LogP contribution in [0.2, 0.25) is 0 Å². The van der Waals surface area contributed by atoms with Crippen molar-refractivity contribution >= 4 is 5.95 Å². The van der Waals surface area contributed by atoms with Crippen molar-refractivity contribution in [3.05, 3.63) is 11.8 Å². The summed E-state index contributed by atoms with van der Waals surface area (Å²) in [4.78, 5) is 7.92. The summed E-state index contributed by atoms with van der Waals surface area (Å²) in [5, 5.41) is 2.44. The van der Waals surface area contributed by atoms with Crippen LogP contribution in [0.15, 0.2) is 6.07 Å². The average Bonchev–Trinajstić information content (AvgIpc) is 2.26. The topological polar surface area (TPSA) is 73.1 Å². The molecule has 0 saturated heterocycles. The first kappa shape index (κ1) is 13.6. The van der Waals surface area contributed by atoms with Gasteiger partial charge in [0.05, 0.1) is 19.7 Å². The van der Waals surface area contributed by atoms with E-state index in [0.29, 0.717) is 18.2 Å². The van der Waals surface area contributed by atoms with E-state index in [1.165, 1.54) is 0 Å². The van der Waals surface area contributed by atoms with Gasteiger partial charge in [-0.1, -0.05) is 0 Å². The molecule has 7 heteroatoms. The second-order valence-electron chi connectivity index (χ2n) is 3.52. The summed E-state index contributed by atoms with van der Waals surface area (Å²) < 4.78 is 31.0. The van der Waals surface area contributed by atoms with Gasteiger partial charge in [0.25, 0.3) is 5.92 Å². The predicted molar refractivity (Wildman–Crippen MR) is 60.4 cm³/mol. The van der Waals surface area contributed by atoms with Crippen LogP contribution in [0.25, 0.3) is 0 Å². The number of nitrogens with one attached hydrogen (secondary N) is 1. The normalized spacial score (nSPS) is 11.4. The molecule has 0 aliphatic carbocycles. The Balaban J connectivity index is 2.70. The molecule has 0 saturated carbocycles. The molecule has 3 N–H and O–H groups in total. The monoisotopic (exact) mass is 246 g/mol. The van der Waals surface area contributed by atoms with Crippen LogP contribution in [0.4, 0.5) is 14.7 Å². The Kier molecular flexibility index (Phi) is 4.56. The van der Waals surface area contributed by atoms with Gasteiger partial charge in [0.2, 0.25) is 11.8 Å². The van der Waals surface area contributed by atoms with Crippen molar-refractivity contribution < 1.29 is 13.5 Å². The van der Waals surface area contributed by atoms with Crippen molar-refractivity contribution in [1.29, 1.82) is 0 Å². The molecular formula is C10H16F2N4O. The van der Waals surface area contributed by atoms with E-state index in [4.69, 9.17) is 10.5 Å². The molecule has 1 rings (SSSR count). The molecule has 17 heavy (non-hydrogen) atoms. The van der Waals surface area contributed by atoms with Gasteiger partial charge in [-0.05, 0) is 13.8 Å². The molecule has 0 amide bonds. The summed E-state index contributed by atoms with van der Waals surface area (Å²) in [5.41, 5.74) is 5.56. The molecule has 96 valence electrons. The minimum atomic E-state index is -2.97. The van der Waals surface area contributed by atoms with Crippen LogP contribution in [0.5, 0.6) is 5.88 Å². The molecule has 0 atom stereocenters. The molecule has 0 radical (unpaired) electrons. The van der Waals surface area contributed by atoms with Crippen LogP contribution >= 0.6 is 0 Å². The number of nitrogens with zero attached hydrogens (tertiary/aromatic N) is 2. The van der Waals surface area contributed by atoms with Gasteiger partial charge in [0, 0.05) is 11.8 Å². The highest BCUT2D eigenvalue weighted by Gasteiger charge is 2.26. The number of halogens is 2. The third kappa shape index (κ3) is 4.48. The molecule has 1 aromatic heterocycles. The molecule has 1 heterocycles. The Hall–Kier alpha value is -1.50. The predicted octanol–water partition coefficient (Wildman–Crippen LogP) is 1.19. The lowest BCUT2D eigenvalue weighted by atomic mass is 10.3. The van der Waals surface area contributed by atoms with Gasteiger partial charge in [0.15, 0.2) is 0 Å². The maximum atomic E-state index is 12.9. The smallest absolute Gasteiger partial charge is 0.277 e. The Labute approximate surface area is 98.4 Å². The van der Waals surface area contributed by atoms with Gasteiger partial charge in [-0.15, -0.1) is 0 Å². The maximum absolute atomic E-state index is 12.9. The Morgan fingerprint density at radius 1 is 1.47 bits per heavy atom. The van der Waals surface area contributed by atoms with Gasteiger partial charge in [-0.3, -0.25) is 0 Å². The molecule has 1 aromatic rings. The number of nitrogens with two attached hydrogens (primary N) is 1. The molecule has 0 bridgehead atoms. The lowest BCUT2D eigenvalue weighted by Crippen LogP contribution is -2.35. The van der Waals surface area contributed by atoms with Crippen molar-refractivity contribution in [1.82, 2.24) is 9.97 Å². The minimum Gasteiger partial charge on any atom is -0.478 e. The second-order valence-corrected chi connectivity index (χ2v) is 3.52. The number of aryl methyl sites for hydroxylation is 1. The molecule has 0 unspecified atom stereocenters. The summed E-state index contributed by atoms with van der Waals surface area (Å²) in [7, 11) is 0. The third-order valence-corrected chi connectivity index (χ3v) is 1.93. The minimum absolute atomic E-state index is 0.113. The summed E-state index contributed by atoms with van der Waals surface area (Å²) in [6.07, 6.45) is 0. The lowest BCUT2D eigenvalue weighted by Gasteiger charge is -2.15. The zero-order chi connectivity index (χ0) is 12.9. The van der Waals surface area contributed by atoms with E-state index in [1.54, 1.807) is 13.0 Å². The van der Waals surface area contributed by atoms with E-state index in [1.807, 2.05) is 6.92 Å². The fourth-order valence-corrected chi connectivity index (χ4v) is 1.12. The van der Waals surface area contributed by atoms with Crippen molar-refractivity contribution in [2.75, 3.05) is 25.0 Å². The van der Waals surface area contributed by atoms with E-state index in [2.05, 4.69) is 15.3 Å². The molecule has 0 aliphatic rings. The van der Waals surface area contributed by atoms with Gasteiger partial charge in [-0.25, -0.2) is 13.8 Å². The van der Waals surface area contributed by atoms with E-state index >= 15 is 0 Å². The van der Waals surface area contributed by atoms with E-state index in [-0.39, 0.29) is 5.95 Å². The van der Waals surface area contributed by atoms with Crippen LogP contribution < -0.4 is 15.8 Å². The van der Waals surface area contributed by atoms with E-state index < -0.39 is 19.0 Å². The van der Waals surface area contributed by atoms with Gasteiger partial charge < -0.3 is 15.8 Å². The fourth-order valence-electron chi connectivity index (χ4n) is 1.12. The largest absolute Gasteiger partial charge is 0.478 e. The quantitative estimate of drug-likeness (QED) is 0.788. The number of ether oxygens (including phenoxy) is 1. The van der Waals surface area contributed by atoms with Gasteiger partial charge in [-0.2, -0.15) is 4.98 Å². The Bertz CT molecular complexity index is 373. The molecule has 0 fully saturated rings. The van der Waals surface area contributed by atoms with Crippen LogP contribution in [0, 0.1) is 6.92 Å². The average molecular weight is 246 g/mol. The molecule has 0 aromatic carbocycles. The van der Waals surface area contributed by atoms with E-state index in [9.17, 15) is 8.78 Å². The Morgan fingerprint density at radius 2 is 2.18 bits per heavy atom. The van der Waals surface area contributed by atoms with Crippen molar-refractivity contribution in [3.63, 3.8) is 0 Å². The van der Waals surface area contributed by atoms with Crippen LogP contribution in [-0.4, -0.2) is 35.6 Å². The SMILES string of the molecule is CCOc1cc(C)nc(NCC(F)(F)CN)n1. The van der Waals surface area contributed by atoms with Crippen LogP contribution in [-0.2, 0) is 0 Å². The zero-order valence-corrected chi connectivity index (χ0v) is 9.83. The molecule has 5 nitrogen and oxygen atoms in total. The third-order valence-electron chi connectivity index (χ3n) is 1.93. The van der Waals surface area contributed by atoms with Crippen molar-refractivity contribution in [2.24, 2.45) is 5.73 Å². The van der Waals surface area contributed by atoms with Crippen molar-refractivity contribution in [2.45, 2.75) is 19.8 Å². The molecular weight excluding hydrogens is 230 g/mol. The van der Waals surface area contributed by atoms with Gasteiger partial charge >= 0.3 is 0 Å². The first-order chi connectivity index (χ1) is 7.96. The molecule has 0 spiro atoms. The number of hydrogen-bond donors (Lipinski definition) is 2. The van der Waals surface area contributed by atoms with Crippen LogP contribution in [0.1, 0.15) is 12.6 Å². The number of aromatic nitrogens is 2. The summed E-state index contributed by atoms with van der Waals surface area (Å²) >= 11 is 0. The van der Waals surface area contributed by atoms with Crippen LogP contribution in [0.3, 0.4) is 0 Å². The standard InChI is InChI=1S/C10H16F2N4O/c1-3-17-8-4-7(2)15-9(16-8)14-6-10(11,12)5-13/h4H,3,5-6,13H2,1-2H3,(H,14,15,16). The Morgan fingerprint density at radius 3 is 2.76 bits per heavy atom. The number of alkyl halides is 2. The van der Waals surface area contributed by atoms with E-state index in [0.717, 1.165) is 0 Å². The van der Waals surface area contributed by atoms with Gasteiger partial charge in [0.1, 0.15) is 0 Å². The maximum Gasteiger partial charge on any atom is 0.277 e. The highest BCUT2D eigenvalue weighted by Crippen LogP contribution is 2.15. The summed E-state index contributed by atoms with van der Waals surface area (Å²) in [5.74, 6) is -2.50. The summed E-state index contributed by atoms with van der Waals surface area (Å²) in [6, 6.07) is 1.63. The zero-order valence-electron chi connectivity index (χ0n) is 9.83. The highest BCUT2D eigenvalue weighted by molar-refractivity contribution is 5.30. The number of hydrogen-bond acceptors (Lipinski definition) is 5. The highest BCUT2D eigenvalue weighted by atomic mass is 19.3. The second kappa shape index (κ2) is 5.72. The number of anilines is 1. The molecule has 0 aliphatic heterocycles. The van der Waals surface area contributed by atoms with Crippen molar-refractivity contribution in [3.8, 4) is 5.88 Å². The first-order valence-electron chi connectivity index (χ1n) is 5.27. The fraction of sp³-hybridized carbons (Fsp3) is 0.600. The first-order valence-corrected chi connectivity index (χ1v) is 5.27. The number of rotatable bonds is 6.